The number of ether oxygens (including phenoxy) is 1. The number of hydrogen-bond donors (Lipinski definition) is 1. The summed E-state index contributed by atoms with van der Waals surface area (Å²) in [5, 5.41) is 19.4. The smallest absolute Gasteiger partial charge is 0.335 e. The van der Waals surface area contributed by atoms with Gasteiger partial charge in [0.05, 0.1) is 10.5 Å². The van der Waals surface area contributed by atoms with Crippen molar-refractivity contribution in [1.29, 1.82) is 0 Å². The summed E-state index contributed by atoms with van der Waals surface area (Å²) < 4.78 is 5.45. The van der Waals surface area contributed by atoms with Gasteiger partial charge in [-0.2, -0.15) is 0 Å². The molecule has 0 radical (unpaired) electrons. The molecule has 0 fully saturated rings. The van der Waals surface area contributed by atoms with Crippen molar-refractivity contribution < 1.29 is 19.6 Å². The van der Waals surface area contributed by atoms with Gasteiger partial charge in [-0.25, -0.2) is 4.79 Å². The van der Waals surface area contributed by atoms with Crippen molar-refractivity contribution in [3.8, 4) is 5.75 Å². The largest absolute Gasteiger partial charge is 0.489 e. The first-order valence-electron chi connectivity index (χ1n) is 5.76. The second kappa shape index (κ2) is 5.83. The van der Waals surface area contributed by atoms with Crippen molar-refractivity contribution >= 4 is 11.7 Å². The van der Waals surface area contributed by atoms with Crippen molar-refractivity contribution in [2.75, 3.05) is 0 Å². The molecule has 0 spiro atoms. The fourth-order valence-corrected chi connectivity index (χ4v) is 1.62. The Morgan fingerprint density at radius 3 is 2.50 bits per heavy atom. The molecule has 0 bridgehead atoms. The topological polar surface area (TPSA) is 89.7 Å². The van der Waals surface area contributed by atoms with E-state index in [-0.39, 0.29) is 17.9 Å². The summed E-state index contributed by atoms with van der Waals surface area (Å²) in [6.45, 7) is 0.193. The summed E-state index contributed by atoms with van der Waals surface area (Å²) in [5.74, 6) is -0.515. The number of nitro benzene ring substituents is 1. The van der Waals surface area contributed by atoms with E-state index in [1.165, 1.54) is 36.4 Å². The van der Waals surface area contributed by atoms with Gasteiger partial charge in [-0.15, -0.1) is 0 Å². The molecule has 2 aromatic rings. The van der Waals surface area contributed by atoms with Crippen LogP contribution in [-0.4, -0.2) is 16.0 Å². The molecule has 0 atom stereocenters. The molecule has 0 aliphatic rings. The first-order chi connectivity index (χ1) is 9.56. The molecule has 6 heteroatoms. The Hall–Kier alpha value is -2.89. The van der Waals surface area contributed by atoms with Gasteiger partial charge in [0.1, 0.15) is 12.4 Å². The molecule has 102 valence electrons. The van der Waals surface area contributed by atoms with E-state index in [9.17, 15) is 14.9 Å². The lowest BCUT2D eigenvalue weighted by atomic mass is 10.1. The van der Waals surface area contributed by atoms with Gasteiger partial charge in [-0.3, -0.25) is 10.1 Å². The summed E-state index contributed by atoms with van der Waals surface area (Å²) in [6.07, 6.45) is 0. The summed E-state index contributed by atoms with van der Waals surface area (Å²) >= 11 is 0. The van der Waals surface area contributed by atoms with Gasteiger partial charge < -0.3 is 9.84 Å². The SMILES string of the molecule is O=C(O)c1cccc(COc2ccc([N+](=O)[O-])cc2)c1. The van der Waals surface area contributed by atoms with Gasteiger partial charge in [0, 0.05) is 12.1 Å². The summed E-state index contributed by atoms with van der Waals surface area (Å²) in [5.41, 5.74) is 0.892. The van der Waals surface area contributed by atoms with Crippen LogP contribution in [0.4, 0.5) is 5.69 Å². The van der Waals surface area contributed by atoms with Crippen LogP contribution in [0.2, 0.25) is 0 Å². The van der Waals surface area contributed by atoms with Crippen molar-refractivity contribution in [3.05, 3.63) is 69.8 Å². The second-order valence-corrected chi connectivity index (χ2v) is 4.05. The van der Waals surface area contributed by atoms with Crippen LogP contribution < -0.4 is 4.74 Å². The minimum Gasteiger partial charge on any atom is -0.489 e. The number of nitrogens with zero attached hydrogens (tertiary/aromatic N) is 1. The first-order valence-corrected chi connectivity index (χ1v) is 5.76. The lowest BCUT2D eigenvalue weighted by Gasteiger charge is -2.06. The minimum atomic E-state index is -0.998. The lowest BCUT2D eigenvalue weighted by Crippen LogP contribution is -2.00. The lowest BCUT2D eigenvalue weighted by molar-refractivity contribution is -0.384. The Balaban J connectivity index is 2.03. The Bertz CT molecular complexity index is 636. The van der Waals surface area contributed by atoms with Crippen LogP contribution in [0.3, 0.4) is 0 Å². The summed E-state index contributed by atoms with van der Waals surface area (Å²) in [6, 6.07) is 12.1. The number of carboxylic acid groups (broad SMARTS) is 1. The zero-order valence-electron chi connectivity index (χ0n) is 10.4. The third-order valence-corrected chi connectivity index (χ3v) is 2.63. The molecule has 6 nitrogen and oxygen atoms in total. The number of aromatic carboxylic acids is 1. The van der Waals surface area contributed by atoms with E-state index >= 15 is 0 Å². The number of rotatable bonds is 5. The van der Waals surface area contributed by atoms with E-state index in [2.05, 4.69) is 0 Å². The third-order valence-electron chi connectivity index (χ3n) is 2.63. The molecular weight excluding hydrogens is 262 g/mol. The average molecular weight is 273 g/mol. The van der Waals surface area contributed by atoms with Crippen LogP contribution in [0.1, 0.15) is 15.9 Å². The Morgan fingerprint density at radius 1 is 1.20 bits per heavy atom. The predicted molar refractivity (Wildman–Crippen MR) is 70.8 cm³/mol. The Kier molecular flexibility index (Phi) is 3.95. The predicted octanol–water partition coefficient (Wildman–Crippen LogP) is 2.87. The minimum absolute atomic E-state index is 0.00905. The van der Waals surface area contributed by atoms with Crippen LogP contribution in [0.25, 0.3) is 0 Å². The van der Waals surface area contributed by atoms with Crippen LogP contribution in [0.5, 0.6) is 5.75 Å². The number of carbonyl (C=O) groups is 1. The number of non-ortho nitro benzene ring substituents is 1. The second-order valence-electron chi connectivity index (χ2n) is 4.05. The quantitative estimate of drug-likeness (QED) is 0.668. The molecule has 0 saturated heterocycles. The highest BCUT2D eigenvalue weighted by molar-refractivity contribution is 5.87. The molecule has 1 N–H and O–H groups in total. The zero-order chi connectivity index (χ0) is 14.5. The standard InChI is InChI=1S/C14H11NO5/c16-14(17)11-3-1-2-10(8-11)9-20-13-6-4-12(5-7-13)15(18)19/h1-8H,9H2,(H,16,17). The van der Waals surface area contributed by atoms with Crippen molar-refractivity contribution in [3.63, 3.8) is 0 Å². The van der Waals surface area contributed by atoms with Gasteiger partial charge in [0.15, 0.2) is 0 Å². The van der Waals surface area contributed by atoms with Crippen LogP contribution in [-0.2, 0) is 6.61 Å². The molecule has 2 rings (SSSR count). The molecule has 0 amide bonds. The van der Waals surface area contributed by atoms with E-state index in [0.29, 0.717) is 11.3 Å². The Labute approximate surface area is 114 Å². The van der Waals surface area contributed by atoms with Gasteiger partial charge >= 0.3 is 5.97 Å². The fourth-order valence-electron chi connectivity index (χ4n) is 1.62. The van der Waals surface area contributed by atoms with Gasteiger partial charge in [0.25, 0.3) is 5.69 Å². The van der Waals surface area contributed by atoms with Gasteiger partial charge in [-0.1, -0.05) is 12.1 Å². The molecule has 0 aliphatic carbocycles. The molecule has 0 heterocycles. The highest BCUT2D eigenvalue weighted by atomic mass is 16.6. The zero-order valence-corrected chi connectivity index (χ0v) is 10.4. The normalized spacial score (nSPS) is 10.0. The van der Waals surface area contributed by atoms with Crippen molar-refractivity contribution in [1.82, 2.24) is 0 Å². The summed E-state index contributed by atoms with van der Waals surface area (Å²) in [7, 11) is 0. The van der Waals surface area contributed by atoms with Crippen molar-refractivity contribution in [2.45, 2.75) is 6.61 Å². The number of carboxylic acids is 1. The average Bonchev–Trinajstić information content (AvgIpc) is 2.46. The van der Waals surface area contributed by atoms with E-state index < -0.39 is 10.9 Å². The maximum absolute atomic E-state index is 10.8. The fraction of sp³-hybridized carbons (Fsp3) is 0.0714. The van der Waals surface area contributed by atoms with E-state index in [4.69, 9.17) is 9.84 Å². The van der Waals surface area contributed by atoms with E-state index in [1.807, 2.05) is 0 Å². The van der Waals surface area contributed by atoms with Crippen LogP contribution in [0, 0.1) is 10.1 Å². The molecule has 0 aromatic heterocycles. The molecule has 0 aliphatic heterocycles. The Morgan fingerprint density at radius 2 is 1.90 bits per heavy atom. The van der Waals surface area contributed by atoms with Gasteiger partial charge in [0.2, 0.25) is 0 Å². The maximum atomic E-state index is 10.8. The molecule has 0 saturated carbocycles. The number of nitro groups is 1. The molecule has 2 aromatic carbocycles. The number of hydrogen-bond acceptors (Lipinski definition) is 4. The third kappa shape index (κ3) is 3.32. The highest BCUT2D eigenvalue weighted by Crippen LogP contribution is 2.18. The monoisotopic (exact) mass is 273 g/mol. The highest BCUT2D eigenvalue weighted by Gasteiger charge is 2.06. The van der Waals surface area contributed by atoms with Crippen LogP contribution in [0.15, 0.2) is 48.5 Å². The molecule has 20 heavy (non-hydrogen) atoms. The first kappa shape index (κ1) is 13.5. The summed E-state index contributed by atoms with van der Waals surface area (Å²) in [4.78, 5) is 20.8. The van der Waals surface area contributed by atoms with E-state index in [0.717, 1.165) is 0 Å². The number of benzene rings is 2. The molecule has 0 unspecified atom stereocenters. The van der Waals surface area contributed by atoms with Crippen LogP contribution >= 0.6 is 0 Å². The maximum Gasteiger partial charge on any atom is 0.335 e. The van der Waals surface area contributed by atoms with E-state index in [1.54, 1.807) is 12.1 Å². The molecular formula is C14H11NO5. The van der Waals surface area contributed by atoms with Gasteiger partial charge in [-0.05, 0) is 29.8 Å². The van der Waals surface area contributed by atoms with Crippen molar-refractivity contribution in [2.24, 2.45) is 0 Å².